The maximum Gasteiger partial charge on any atom is 0.331 e. The number of sulfonamides is 1. The topological polar surface area (TPSA) is 116 Å². The SMILES string of the molecule is Cc1ccc(C#N)cc1S(=O)(=O)NOCC(=O)O. The fraction of sp³-hybridized carbons (Fsp3) is 0.200. The van der Waals surface area contributed by atoms with Crippen LogP contribution in [0.4, 0.5) is 0 Å². The summed E-state index contributed by atoms with van der Waals surface area (Å²) in [6.45, 7) is 0.753. The van der Waals surface area contributed by atoms with Gasteiger partial charge in [-0.25, -0.2) is 13.2 Å². The molecule has 0 aromatic heterocycles. The summed E-state index contributed by atoms with van der Waals surface area (Å²) >= 11 is 0. The van der Waals surface area contributed by atoms with Gasteiger partial charge in [-0.05, 0) is 24.6 Å². The van der Waals surface area contributed by atoms with Gasteiger partial charge in [0.15, 0.2) is 6.61 Å². The number of nitrogens with zero attached hydrogens (tertiary/aromatic N) is 1. The third-order valence-corrected chi connectivity index (χ3v) is 3.33. The van der Waals surface area contributed by atoms with Crippen molar-refractivity contribution in [3.8, 4) is 6.07 Å². The van der Waals surface area contributed by atoms with Crippen LogP contribution >= 0.6 is 0 Å². The van der Waals surface area contributed by atoms with Gasteiger partial charge >= 0.3 is 5.97 Å². The van der Waals surface area contributed by atoms with Crippen LogP contribution in [0, 0.1) is 18.3 Å². The van der Waals surface area contributed by atoms with E-state index in [2.05, 4.69) is 4.84 Å². The van der Waals surface area contributed by atoms with Crippen molar-refractivity contribution in [2.75, 3.05) is 6.61 Å². The fourth-order valence-electron chi connectivity index (χ4n) is 1.17. The molecule has 18 heavy (non-hydrogen) atoms. The maximum absolute atomic E-state index is 11.8. The molecule has 0 fully saturated rings. The molecule has 0 heterocycles. The molecular weight excluding hydrogens is 260 g/mol. The molecule has 8 heteroatoms. The maximum atomic E-state index is 11.8. The minimum atomic E-state index is -4.01. The van der Waals surface area contributed by atoms with Crippen LogP contribution in [0.25, 0.3) is 0 Å². The van der Waals surface area contributed by atoms with Crippen LogP contribution in [-0.2, 0) is 19.7 Å². The standard InChI is InChI=1S/C10H10N2O5S/c1-7-2-3-8(5-11)4-9(7)18(15,16)12-17-6-10(13)14/h2-4,12H,6H2,1H3,(H,13,14). The molecule has 0 radical (unpaired) electrons. The average molecular weight is 270 g/mol. The predicted octanol–water partition coefficient (Wildman–Crippen LogP) is 0.161. The zero-order chi connectivity index (χ0) is 13.8. The Morgan fingerprint density at radius 2 is 2.22 bits per heavy atom. The van der Waals surface area contributed by atoms with Crippen LogP contribution < -0.4 is 4.89 Å². The zero-order valence-corrected chi connectivity index (χ0v) is 10.2. The Balaban J connectivity index is 2.98. The molecule has 0 aliphatic heterocycles. The summed E-state index contributed by atoms with van der Waals surface area (Å²) in [5, 5.41) is 17.0. The van der Waals surface area contributed by atoms with Crippen molar-refractivity contribution in [1.29, 1.82) is 5.26 Å². The van der Waals surface area contributed by atoms with Gasteiger partial charge in [0.25, 0.3) is 10.0 Å². The number of benzene rings is 1. The van der Waals surface area contributed by atoms with Crippen molar-refractivity contribution >= 4 is 16.0 Å². The van der Waals surface area contributed by atoms with Crippen LogP contribution in [0.3, 0.4) is 0 Å². The largest absolute Gasteiger partial charge is 0.479 e. The highest BCUT2D eigenvalue weighted by Gasteiger charge is 2.18. The Hall–Kier alpha value is -1.95. The van der Waals surface area contributed by atoms with Gasteiger partial charge in [-0.3, -0.25) is 4.84 Å². The van der Waals surface area contributed by atoms with Gasteiger partial charge in [0, 0.05) is 0 Å². The van der Waals surface area contributed by atoms with E-state index in [9.17, 15) is 13.2 Å². The highest BCUT2D eigenvalue weighted by atomic mass is 32.2. The number of aryl methyl sites for hydroxylation is 1. The Morgan fingerprint density at radius 1 is 1.56 bits per heavy atom. The predicted molar refractivity (Wildman–Crippen MR) is 59.8 cm³/mol. The number of carboxylic acid groups (broad SMARTS) is 1. The summed E-state index contributed by atoms with van der Waals surface area (Å²) in [6.07, 6.45) is 0. The van der Waals surface area contributed by atoms with Gasteiger partial charge in [-0.1, -0.05) is 11.0 Å². The molecule has 0 spiro atoms. The molecular formula is C10H10N2O5S. The van der Waals surface area contributed by atoms with Crippen LogP contribution in [-0.4, -0.2) is 26.1 Å². The van der Waals surface area contributed by atoms with Crippen molar-refractivity contribution < 1.29 is 23.2 Å². The van der Waals surface area contributed by atoms with Crippen molar-refractivity contribution in [1.82, 2.24) is 4.89 Å². The van der Waals surface area contributed by atoms with E-state index in [0.29, 0.717) is 5.56 Å². The van der Waals surface area contributed by atoms with Crippen LogP contribution in [0.1, 0.15) is 11.1 Å². The van der Waals surface area contributed by atoms with E-state index in [1.54, 1.807) is 11.8 Å². The second kappa shape index (κ2) is 5.59. The lowest BCUT2D eigenvalue weighted by atomic mass is 10.2. The van der Waals surface area contributed by atoms with Crippen molar-refractivity contribution in [2.24, 2.45) is 0 Å². The third-order valence-electron chi connectivity index (χ3n) is 1.97. The van der Waals surface area contributed by atoms with Crippen molar-refractivity contribution in [2.45, 2.75) is 11.8 Å². The third kappa shape index (κ3) is 3.53. The number of nitrogens with one attached hydrogen (secondary N) is 1. The summed E-state index contributed by atoms with van der Waals surface area (Å²) < 4.78 is 23.5. The molecule has 0 saturated carbocycles. The molecule has 2 N–H and O–H groups in total. The lowest BCUT2D eigenvalue weighted by Crippen LogP contribution is -2.27. The second-order valence-electron chi connectivity index (χ2n) is 3.36. The number of nitriles is 1. The summed E-state index contributed by atoms with van der Waals surface area (Å²) in [7, 11) is -4.01. The molecule has 1 rings (SSSR count). The van der Waals surface area contributed by atoms with Crippen molar-refractivity contribution in [3.05, 3.63) is 29.3 Å². The summed E-state index contributed by atoms with van der Waals surface area (Å²) in [5.41, 5.74) is 0.597. The van der Waals surface area contributed by atoms with Crippen LogP contribution in [0.5, 0.6) is 0 Å². The number of hydrogen-bond donors (Lipinski definition) is 2. The lowest BCUT2D eigenvalue weighted by Gasteiger charge is -2.08. The molecule has 0 unspecified atom stereocenters. The van der Waals surface area contributed by atoms with E-state index in [1.807, 2.05) is 6.07 Å². The lowest BCUT2D eigenvalue weighted by molar-refractivity contribution is -0.143. The molecule has 1 aromatic carbocycles. The van der Waals surface area contributed by atoms with Gasteiger partial charge in [0.2, 0.25) is 0 Å². The quantitative estimate of drug-likeness (QED) is 0.736. The first-order valence-electron chi connectivity index (χ1n) is 4.73. The van der Waals surface area contributed by atoms with Gasteiger partial charge in [0.05, 0.1) is 16.5 Å². The molecule has 0 amide bonds. The summed E-state index contributed by atoms with van der Waals surface area (Å²) in [4.78, 5) is 16.1. The van der Waals surface area contributed by atoms with Crippen LogP contribution in [0.2, 0.25) is 0 Å². The van der Waals surface area contributed by atoms with Gasteiger partial charge in [-0.2, -0.15) is 5.26 Å². The fourth-order valence-corrected chi connectivity index (χ4v) is 2.25. The molecule has 0 saturated heterocycles. The van der Waals surface area contributed by atoms with Gasteiger partial charge in [0.1, 0.15) is 0 Å². The second-order valence-corrected chi connectivity index (χ2v) is 4.97. The Bertz CT molecular complexity index is 603. The van der Waals surface area contributed by atoms with Crippen LogP contribution in [0.15, 0.2) is 23.1 Å². The van der Waals surface area contributed by atoms with Gasteiger partial charge in [-0.15, -0.1) is 0 Å². The Labute approximate surface area is 104 Å². The van der Waals surface area contributed by atoms with E-state index in [4.69, 9.17) is 10.4 Å². The molecule has 0 aliphatic carbocycles. The number of carboxylic acids is 1. The molecule has 7 nitrogen and oxygen atoms in total. The average Bonchev–Trinajstić information content (AvgIpc) is 2.28. The molecule has 0 atom stereocenters. The Morgan fingerprint density at radius 3 is 2.78 bits per heavy atom. The normalized spacial score (nSPS) is 10.9. The zero-order valence-electron chi connectivity index (χ0n) is 9.37. The van der Waals surface area contributed by atoms with E-state index < -0.39 is 22.6 Å². The number of rotatable bonds is 5. The minimum absolute atomic E-state index is 0.132. The molecule has 1 aromatic rings. The highest BCUT2D eigenvalue weighted by Crippen LogP contribution is 2.16. The highest BCUT2D eigenvalue weighted by molar-refractivity contribution is 7.89. The van der Waals surface area contributed by atoms with E-state index >= 15 is 0 Å². The van der Waals surface area contributed by atoms with E-state index in [1.165, 1.54) is 18.2 Å². The summed E-state index contributed by atoms with van der Waals surface area (Å²) in [6, 6.07) is 5.95. The monoisotopic (exact) mass is 270 g/mol. The smallest absolute Gasteiger partial charge is 0.331 e. The minimum Gasteiger partial charge on any atom is -0.479 e. The number of carbonyl (C=O) groups is 1. The first-order valence-corrected chi connectivity index (χ1v) is 6.21. The molecule has 0 aliphatic rings. The van der Waals surface area contributed by atoms with E-state index in [-0.39, 0.29) is 10.5 Å². The molecule has 96 valence electrons. The first-order chi connectivity index (χ1) is 8.36. The van der Waals surface area contributed by atoms with E-state index in [0.717, 1.165) is 0 Å². The number of aliphatic carboxylic acids is 1. The summed E-state index contributed by atoms with van der Waals surface area (Å²) in [5.74, 6) is -1.31. The Kier molecular flexibility index (Phi) is 4.38. The van der Waals surface area contributed by atoms with Crippen molar-refractivity contribution in [3.63, 3.8) is 0 Å². The molecule has 0 bridgehead atoms. The first kappa shape index (κ1) is 14.1. The number of hydrogen-bond acceptors (Lipinski definition) is 5. The van der Waals surface area contributed by atoms with Gasteiger partial charge < -0.3 is 5.11 Å².